The normalized spacial score (nSPS) is 15.1. The average Bonchev–Trinajstić information content (AvgIpc) is 3.06. The Labute approximate surface area is 178 Å². The number of fused-ring (bicyclic) bond motifs is 1. The van der Waals surface area contributed by atoms with Crippen molar-refractivity contribution >= 4 is 26.6 Å². The van der Waals surface area contributed by atoms with Gasteiger partial charge in [0.15, 0.2) is 0 Å². The van der Waals surface area contributed by atoms with Crippen molar-refractivity contribution in [1.82, 2.24) is 9.78 Å². The fraction of sp³-hybridized carbons (Fsp3) is 0.381. The minimum atomic E-state index is -4.48. The lowest BCUT2D eigenvalue weighted by Gasteiger charge is -2.44. The first-order chi connectivity index (χ1) is 14.2. The summed E-state index contributed by atoms with van der Waals surface area (Å²) in [6.07, 6.45) is -1.66. The van der Waals surface area contributed by atoms with Gasteiger partial charge in [0.05, 0.1) is 34.8 Å². The summed E-state index contributed by atoms with van der Waals surface area (Å²) in [5.41, 5.74) is -2.15. The first kappa shape index (κ1) is 23.1. The summed E-state index contributed by atoms with van der Waals surface area (Å²) < 4.78 is 66.7. The van der Waals surface area contributed by atoms with Crippen molar-refractivity contribution in [3.05, 3.63) is 59.8 Å². The molecule has 0 spiro atoms. The van der Waals surface area contributed by atoms with E-state index in [0.717, 1.165) is 18.4 Å². The second kappa shape index (κ2) is 7.52. The molecule has 2 N–H and O–H groups in total. The molecule has 6 nitrogen and oxygen atoms in total. The lowest BCUT2D eigenvalue weighted by atomic mass is 9.74. The van der Waals surface area contributed by atoms with Crippen molar-refractivity contribution in [2.24, 2.45) is 0 Å². The number of anilines is 1. The first-order valence-corrected chi connectivity index (χ1v) is 11.4. The van der Waals surface area contributed by atoms with E-state index in [1.165, 1.54) is 18.3 Å². The Morgan fingerprint density at radius 2 is 1.65 bits per heavy atom. The van der Waals surface area contributed by atoms with Crippen molar-refractivity contribution in [1.29, 1.82) is 0 Å². The highest BCUT2D eigenvalue weighted by molar-refractivity contribution is 7.92. The van der Waals surface area contributed by atoms with E-state index in [9.17, 15) is 26.7 Å². The van der Waals surface area contributed by atoms with Crippen LogP contribution in [0, 0.1) is 0 Å². The van der Waals surface area contributed by atoms with E-state index in [1.807, 2.05) is 6.92 Å². The number of benzene rings is 2. The van der Waals surface area contributed by atoms with Gasteiger partial charge in [-0.2, -0.15) is 18.3 Å². The van der Waals surface area contributed by atoms with Crippen LogP contribution in [0.3, 0.4) is 0 Å². The molecule has 31 heavy (non-hydrogen) atoms. The van der Waals surface area contributed by atoms with E-state index in [2.05, 4.69) is 9.82 Å². The number of sulfonamides is 1. The van der Waals surface area contributed by atoms with Gasteiger partial charge in [0.1, 0.15) is 5.54 Å². The fourth-order valence-electron chi connectivity index (χ4n) is 4.10. The number of aliphatic hydroxyl groups is 1. The molecule has 10 heteroatoms. The van der Waals surface area contributed by atoms with Gasteiger partial charge in [-0.1, -0.05) is 25.1 Å². The number of alkyl halides is 3. The molecular weight excluding hydrogens is 431 g/mol. The van der Waals surface area contributed by atoms with Crippen molar-refractivity contribution in [2.45, 2.75) is 44.5 Å². The maximum absolute atomic E-state index is 13.1. The number of rotatable bonds is 6. The van der Waals surface area contributed by atoms with E-state index in [4.69, 9.17) is 0 Å². The summed E-state index contributed by atoms with van der Waals surface area (Å²) in [7, 11) is -3.54. The van der Waals surface area contributed by atoms with Gasteiger partial charge >= 0.3 is 6.18 Å². The lowest BCUT2D eigenvalue weighted by molar-refractivity contribution is -0.137. The smallest absolute Gasteiger partial charge is 0.388 e. The molecule has 0 aliphatic rings. The van der Waals surface area contributed by atoms with Crippen molar-refractivity contribution in [3.63, 3.8) is 0 Å². The molecule has 0 aliphatic heterocycles. The minimum Gasteiger partial charge on any atom is -0.388 e. The Morgan fingerprint density at radius 1 is 1.06 bits per heavy atom. The van der Waals surface area contributed by atoms with Crippen LogP contribution in [-0.2, 0) is 21.7 Å². The molecule has 1 heterocycles. The highest BCUT2D eigenvalue weighted by Crippen LogP contribution is 2.43. The van der Waals surface area contributed by atoms with Gasteiger partial charge in [-0.15, -0.1) is 0 Å². The predicted molar refractivity (Wildman–Crippen MR) is 113 cm³/mol. The Hall–Kier alpha value is -2.59. The average molecular weight is 456 g/mol. The number of hydrogen-bond donors (Lipinski definition) is 2. The molecule has 1 aromatic heterocycles. The third-order valence-electron chi connectivity index (χ3n) is 5.48. The van der Waals surface area contributed by atoms with Gasteiger partial charge < -0.3 is 5.11 Å². The highest BCUT2D eigenvalue weighted by Gasteiger charge is 2.47. The fourth-order valence-corrected chi connectivity index (χ4v) is 4.68. The molecule has 0 radical (unpaired) electrons. The Bertz CT molecular complexity index is 1200. The summed E-state index contributed by atoms with van der Waals surface area (Å²) >= 11 is 0. The van der Waals surface area contributed by atoms with Gasteiger partial charge in [0.25, 0.3) is 0 Å². The van der Waals surface area contributed by atoms with Crippen LogP contribution >= 0.6 is 0 Å². The number of hydrogen-bond acceptors (Lipinski definition) is 4. The molecule has 0 fully saturated rings. The highest BCUT2D eigenvalue weighted by atomic mass is 32.2. The largest absolute Gasteiger partial charge is 0.416 e. The Morgan fingerprint density at radius 3 is 2.13 bits per heavy atom. The van der Waals surface area contributed by atoms with Crippen molar-refractivity contribution in [3.8, 4) is 0 Å². The molecule has 168 valence electrons. The van der Waals surface area contributed by atoms with Crippen LogP contribution in [0.1, 0.15) is 38.3 Å². The van der Waals surface area contributed by atoms with Crippen molar-refractivity contribution in [2.75, 3.05) is 11.0 Å². The standard InChI is InChI=1S/C21H24F3N3O3S/c1-5-20(19(2,3)28,14-9-11-15(12-10-14)21(22,23)24)27-18-8-6-7-17(16(18)13-25-27)26-31(4,29)30/h6-13,26,28H,5H2,1-4H3. The first-order valence-electron chi connectivity index (χ1n) is 9.56. The lowest BCUT2D eigenvalue weighted by Crippen LogP contribution is -2.53. The van der Waals surface area contributed by atoms with Gasteiger partial charge in [-0.3, -0.25) is 9.40 Å². The van der Waals surface area contributed by atoms with Crippen LogP contribution in [0.2, 0.25) is 0 Å². The van der Waals surface area contributed by atoms with E-state index >= 15 is 0 Å². The van der Waals surface area contributed by atoms with Crippen LogP contribution in [0.5, 0.6) is 0 Å². The van der Waals surface area contributed by atoms with E-state index in [1.54, 1.807) is 36.7 Å². The molecule has 2 aromatic carbocycles. The SMILES string of the molecule is CCC(c1ccc(C(F)(F)F)cc1)(n1ncc2c(NS(C)(=O)=O)cccc21)C(C)(C)O. The topological polar surface area (TPSA) is 84.2 Å². The Balaban J connectivity index is 2.28. The molecular formula is C21H24F3N3O3S. The molecule has 3 rings (SSSR count). The summed E-state index contributed by atoms with van der Waals surface area (Å²) in [4.78, 5) is 0. The van der Waals surface area contributed by atoms with Gasteiger partial charge in [-0.25, -0.2) is 8.42 Å². The maximum Gasteiger partial charge on any atom is 0.416 e. The van der Waals surface area contributed by atoms with Crippen molar-refractivity contribution < 1.29 is 26.7 Å². The predicted octanol–water partition coefficient (Wildman–Crippen LogP) is 4.35. The van der Waals surface area contributed by atoms with Crippen LogP contribution < -0.4 is 4.72 Å². The third-order valence-corrected chi connectivity index (χ3v) is 6.07. The third kappa shape index (κ3) is 4.14. The molecule has 0 bridgehead atoms. The maximum atomic E-state index is 13.1. The molecule has 0 aliphatic carbocycles. The van der Waals surface area contributed by atoms with E-state index < -0.39 is 32.9 Å². The summed E-state index contributed by atoms with van der Waals surface area (Å²) in [6.45, 7) is 4.95. The summed E-state index contributed by atoms with van der Waals surface area (Å²) in [5, 5.41) is 16.1. The number of nitrogens with zero attached hydrogens (tertiary/aromatic N) is 2. The molecule has 1 unspecified atom stereocenters. The molecule has 1 atom stereocenters. The summed E-state index contributed by atoms with van der Waals surface area (Å²) in [5.74, 6) is 0. The molecule has 0 saturated heterocycles. The second-order valence-electron chi connectivity index (χ2n) is 8.02. The zero-order valence-corrected chi connectivity index (χ0v) is 18.3. The van der Waals surface area contributed by atoms with E-state index in [-0.39, 0.29) is 0 Å². The monoisotopic (exact) mass is 455 g/mol. The number of halogens is 3. The van der Waals surface area contributed by atoms with Gasteiger partial charge in [-0.05, 0) is 50.1 Å². The van der Waals surface area contributed by atoms with Crippen LogP contribution in [0.15, 0.2) is 48.7 Å². The van der Waals surface area contributed by atoms with E-state index in [0.29, 0.717) is 28.6 Å². The Kier molecular flexibility index (Phi) is 5.60. The quantitative estimate of drug-likeness (QED) is 0.579. The zero-order valence-electron chi connectivity index (χ0n) is 17.5. The molecule has 0 amide bonds. The number of nitrogens with one attached hydrogen (secondary N) is 1. The zero-order chi connectivity index (χ0) is 23.2. The van der Waals surface area contributed by atoms with Crippen LogP contribution in [-0.4, -0.2) is 35.2 Å². The van der Waals surface area contributed by atoms with Gasteiger partial charge in [0.2, 0.25) is 10.0 Å². The van der Waals surface area contributed by atoms with Crippen LogP contribution in [0.4, 0.5) is 18.9 Å². The minimum absolute atomic E-state index is 0.308. The molecule has 0 saturated carbocycles. The second-order valence-corrected chi connectivity index (χ2v) is 9.77. The van der Waals surface area contributed by atoms with Gasteiger partial charge in [0, 0.05) is 5.39 Å². The molecule has 3 aromatic rings. The van der Waals surface area contributed by atoms with Crippen LogP contribution in [0.25, 0.3) is 10.9 Å². The number of aromatic nitrogens is 2. The summed E-state index contributed by atoms with van der Waals surface area (Å²) in [6, 6.07) is 9.60.